The third-order valence-corrected chi connectivity index (χ3v) is 4.20. The Morgan fingerprint density at radius 3 is 3.00 bits per heavy atom. The second-order valence-electron chi connectivity index (χ2n) is 5.28. The Balaban J connectivity index is 1.71. The molecule has 0 amide bonds. The van der Waals surface area contributed by atoms with Crippen LogP contribution >= 0.6 is 11.6 Å². The summed E-state index contributed by atoms with van der Waals surface area (Å²) in [5, 5.41) is 3.58. The van der Waals surface area contributed by atoms with Crippen LogP contribution < -0.4 is 10.1 Å². The molecule has 7 heteroatoms. The molecule has 0 spiro atoms. The minimum absolute atomic E-state index is 0.171. The van der Waals surface area contributed by atoms with E-state index in [-0.39, 0.29) is 11.3 Å². The molecule has 0 aliphatic carbocycles. The minimum Gasteiger partial charge on any atom is -0.464 e. The molecule has 1 N–H and O–H groups in total. The molecule has 3 heterocycles. The second-order valence-corrected chi connectivity index (χ2v) is 5.62. The Labute approximate surface area is 123 Å². The first-order valence-corrected chi connectivity index (χ1v) is 7.69. The first-order chi connectivity index (χ1) is 9.76. The highest BCUT2D eigenvalue weighted by atomic mass is 35.5. The lowest BCUT2D eigenvalue weighted by molar-refractivity contribution is 0.192. The van der Waals surface area contributed by atoms with Crippen LogP contribution in [0.5, 0.6) is 6.01 Å². The van der Waals surface area contributed by atoms with E-state index >= 15 is 0 Å². The summed E-state index contributed by atoms with van der Waals surface area (Å²) in [6.45, 7) is 4.77. The van der Waals surface area contributed by atoms with E-state index in [9.17, 15) is 0 Å². The molecule has 2 fully saturated rings. The van der Waals surface area contributed by atoms with Crippen LogP contribution in [0, 0.1) is 0 Å². The molecule has 2 atom stereocenters. The maximum absolute atomic E-state index is 5.92. The van der Waals surface area contributed by atoms with Crippen LogP contribution in [0.4, 0.5) is 5.95 Å². The van der Waals surface area contributed by atoms with E-state index in [4.69, 9.17) is 16.3 Å². The number of nitrogens with one attached hydrogen (secondary N) is 1. The third-order valence-electron chi connectivity index (χ3n) is 4.03. The Kier molecular flexibility index (Phi) is 4.21. The molecule has 2 aliphatic rings. The molecule has 20 heavy (non-hydrogen) atoms. The van der Waals surface area contributed by atoms with E-state index in [2.05, 4.69) is 25.2 Å². The van der Waals surface area contributed by atoms with Gasteiger partial charge < -0.3 is 10.1 Å². The number of piperidine rings is 1. The largest absolute Gasteiger partial charge is 0.464 e. The van der Waals surface area contributed by atoms with Gasteiger partial charge in [0.2, 0.25) is 11.2 Å². The summed E-state index contributed by atoms with van der Waals surface area (Å²) in [4.78, 5) is 14.9. The van der Waals surface area contributed by atoms with Gasteiger partial charge in [-0.1, -0.05) is 6.42 Å². The quantitative estimate of drug-likeness (QED) is 0.916. The fraction of sp³-hybridized carbons (Fsp3) is 0.769. The number of nitrogens with zero attached hydrogens (tertiary/aromatic N) is 4. The summed E-state index contributed by atoms with van der Waals surface area (Å²) in [6, 6.07) is 1.27. The molecule has 2 saturated heterocycles. The molecule has 6 nitrogen and oxygen atoms in total. The number of anilines is 1. The molecular weight excluding hydrogens is 278 g/mol. The SMILES string of the molecule is CCOc1nc(Cl)nc(NC2CCN3CCCCC23)n1. The van der Waals surface area contributed by atoms with Gasteiger partial charge in [0.05, 0.1) is 6.61 Å². The summed E-state index contributed by atoms with van der Waals surface area (Å²) < 4.78 is 5.30. The fourth-order valence-electron chi connectivity index (χ4n) is 3.17. The predicted octanol–water partition coefficient (Wildman–Crippen LogP) is 1.96. The van der Waals surface area contributed by atoms with E-state index in [1.165, 1.54) is 25.8 Å². The lowest BCUT2D eigenvalue weighted by atomic mass is 9.99. The van der Waals surface area contributed by atoms with Gasteiger partial charge in [-0.2, -0.15) is 15.0 Å². The molecule has 2 unspecified atom stereocenters. The van der Waals surface area contributed by atoms with Crippen molar-refractivity contribution in [2.24, 2.45) is 0 Å². The number of aromatic nitrogens is 3. The number of fused-ring (bicyclic) bond motifs is 1. The predicted molar refractivity (Wildman–Crippen MR) is 77.2 cm³/mol. The molecule has 0 radical (unpaired) electrons. The molecule has 1 aromatic rings. The standard InChI is InChI=1S/C13H20ClN5O/c1-2-20-13-17-11(14)16-12(18-13)15-9-6-8-19-7-4-3-5-10(9)19/h9-10H,2-8H2,1H3,(H,15,16,17,18). The van der Waals surface area contributed by atoms with E-state index < -0.39 is 0 Å². The average molecular weight is 298 g/mol. The third kappa shape index (κ3) is 2.96. The Morgan fingerprint density at radius 1 is 1.25 bits per heavy atom. The minimum atomic E-state index is 0.171. The molecule has 1 aromatic heterocycles. The topological polar surface area (TPSA) is 63.2 Å². The van der Waals surface area contributed by atoms with Crippen molar-refractivity contribution in [2.75, 3.05) is 25.0 Å². The van der Waals surface area contributed by atoms with Gasteiger partial charge in [-0.25, -0.2) is 0 Å². The number of rotatable bonds is 4. The zero-order valence-corrected chi connectivity index (χ0v) is 12.4. The van der Waals surface area contributed by atoms with Crippen LogP contribution in [0.1, 0.15) is 32.6 Å². The molecular formula is C13H20ClN5O. The van der Waals surface area contributed by atoms with Crippen molar-refractivity contribution in [3.8, 4) is 6.01 Å². The van der Waals surface area contributed by atoms with Crippen molar-refractivity contribution in [2.45, 2.75) is 44.7 Å². The normalized spacial score (nSPS) is 26.3. The maximum atomic E-state index is 5.92. The fourth-order valence-corrected chi connectivity index (χ4v) is 3.32. The van der Waals surface area contributed by atoms with Gasteiger partial charge in [0.25, 0.3) is 0 Å². The van der Waals surface area contributed by atoms with Crippen molar-refractivity contribution in [1.29, 1.82) is 0 Å². The smallest absolute Gasteiger partial charge is 0.322 e. The molecule has 0 bridgehead atoms. The van der Waals surface area contributed by atoms with Gasteiger partial charge in [0.15, 0.2) is 0 Å². The molecule has 0 aromatic carbocycles. The Morgan fingerprint density at radius 2 is 2.15 bits per heavy atom. The van der Waals surface area contributed by atoms with Crippen LogP contribution in [0.2, 0.25) is 5.28 Å². The molecule has 3 rings (SSSR count). The number of hydrogen-bond acceptors (Lipinski definition) is 6. The molecule has 110 valence electrons. The first-order valence-electron chi connectivity index (χ1n) is 7.31. The van der Waals surface area contributed by atoms with Crippen molar-refractivity contribution in [1.82, 2.24) is 19.9 Å². The van der Waals surface area contributed by atoms with Crippen molar-refractivity contribution in [3.63, 3.8) is 0 Å². The lowest BCUT2D eigenvalue weighted by Crippen LogP contribution is -2.42. The summed E-state index contributed by atoms with van der Waals surface area (Å²) in [7, 11) is 0. The highest BCUT2D eigenvalue weighted by Crippen LogP contribution is 2.29. The molecule has 0 saturated carbocycles. The van der Waals surface area contributed by atoms with Gasteiger partial charge in [-0.3, -0.25) is 4.90 Å². The van der Waals surface area contributed by atoms with Crippen molar-refractivity contribution in [3.05, 3.63) is 5.28 Å². The zero-order valence-electron chi connectivity index (χ0n) is 11.7. The summed E-state index contributed by atoms with van der Waals surface area (Å²) >= 11 is 5.92. The first kappa shape index (κ1) is 13.8. The number of hydrogen-bond donors (Lipinski definition) is 1. The van der Waals surface area contributed by atoms with Gasteiger partial charge in [-0.05, 0) is 44.3 Å². The van der Waals surface area contributed by atoms with E-state index in [0.717, 1.165) is 13.0 Å². The van der Waals surface area contributed by atoms with E-state index in [1.807, 2.05) is 6.92 Å². The average Bonchev–Trinajstić information content (AvgIpc) is 2.82. The second kappa shape index (κ2) is 6.10. The summed E-state index contributed by atoms with van der Waals surface area (Å²) in [5.74, 6) is 0.519. The number of halogens is 1. The van der Waals surface area contributed by atoms with Crippen LogP contribution in [-0.4, -0.2) is 51.6 Å². The summed E-state index contributed by atoms with van der Waals surface area (Å²) in [6.07, 6.45) is 4.99. The van der Waals surface area contributed by atoms with Gasteiger partial charge in [0.1, 0.15) is 0 Å². The van der Waals surface area contributed by atoms with Gasteiger partial charge in [0, 0.05) is 18.6 Å². The highest BCUT2D eigenvalue weighted by Gasteiger charge is 2.35. The van der Waals surface area contributed by atoms with Gasteiger partial charge in [-0.15, -0.1) is 0 Å². The Bertz CT molecular complexity index is 472. The maximum Gasteiger partial charge on any atom is 0.322 e. The zero-order chi connectivity index (χ0) is 13.9. The number of ether oxygens (including phenoxy) is 1. The van der Waals surface area contributed by atoms with Crippen LogP contribution in [0.15, 0.2) is 0 Å². The van der Waals surface area contributed by atoms with Crippen molar-refractivity contribution >= 4 is 17.5 Å². The highest BCUT2D eigenvalue weighted by molar-refractivity contribution is 6.28. The van der Waals surface area contributed by atoms with Crippen molar-refractivity contribution < 1.29 is 4.74 Å². The van der Waals surface area contributed by atoms with Crippen LogP contribution in [0.25, 0.3) is 0 Å². The van der Waals surface area contributed by atoms with Crippen LogP contribution in [0.3, 0.4) is 0 Å². The van der Waals surface area contributed by atoms with E-state index in [1.54, 1.807) is 0 Å². The molecule has 2 aliphatic heterocycles. The van der Waals surface area contributed by atoms with Crippen LogP contribution in [-0.2, 0) is 0 Å². The lowest BCUT2D eigenvalue weighted by Gasteiger charge is -2.32. The van der Waals surface area contributed by atoms with Gasteiger partial charge >= 0.3 is 6.01 Å². The Hall–Kier alpha value is -1.14. The summed E-state index contributed by atoms with van der Waals surface area (Å²) in [5.41, 5.74) is 0. The van der Waals surface area contributed by atoms with E-state index in [0.29, 0.717) is 24.6 Å². The monoisotopic (exact) mass is 297 g/mol.